The normalized spacial score (nSPS) is 11.1. The second-order valence-corrected chi connectivity index (χ2v) is 8.13. The highest BCUT2D eigenvalue weighted by Crippen LogP contribution is 2.31. The van der Waals surface area contributed by atoms with Crippen LogP contribution in [0.5, 0.6) is 0 Å². The molecule has 0 unspecified atom stereocenters. The summed E-state index contributed by atoms with van der Waals surface area (Å²) in [7, 11) is 0. The molecule has 0 spiro atoms. The molecule has 3 aromatic heterocycles. The van der Waals surface area contributed by atoms with Crippen LogP contribution >= 0.6 is 22.7 Å². The molecule has 5 rings (SSSR count). The Hall–Kier alpha value is -3.16. The molecule has 0 aliphatic carbocycles. The first-order valence-corrected chi connectivity index (χ1v) is 10.4. The van der Waals surface area contributed by atoms with Crippen molar-refractivity contribution in [1.82, 2.24) is 15.0 Å². The van der Waals surface area contributed by atoms with Crippen LogP contribution < -0.4 is 5.32 Å². The molecule has 1 N–H and O–H groups in total. The second-order valence-electron chi connectivity index (χ2n) is 6.24. The molecule has 0 aliphatic rings. The molecule has 5 nitrogen and oxygen atoms in total. The zero-order valence-electron chi connectivity index (χ0n) is 14.6. The van der Waals surface area contributed by atoms with E-state index in [4.69, 9.17) is 0 Å². The van der Waals surface area contributed by atoms with Crippen molar-refractivity contribution in [3.63, 3.8) is 0 Å². The summed E-state index contributed by atoms with van der Waals surface area (Å²) in [6.45, 7) is 0. The molecule has 0 atom stereocenters. The zero-order chi connectivity index (χ0) is 18.9. The van der Waals surface area contributed by atoms with E-state index in [2.05, 4.69) is 38.5 Å². The quantitative estimate of drug-likeness (QED) is 0.451. The molecule has 7 heteroatoms. The van der Waals surface area contributed by atoms with Crippen molar-refractivity contribution in [1.29, 1.82) is 0 Å². The van der Waals surface area contributed by atoms with Crippen LogP contribution in [0.3, 0.4) is 0 Å². The molecule has 0 bridgehead atoms. The van der Waals surface area contributed by atoms with E-state index in [1.807, 2.05) is 41.8 Å². The number of amides is 1. The molecule has 136 valence electrons. The Labute approximate surface area is 168 Å². The topological polar surface area (TPSA) is 67.8 Å². The number of hydrogen-bond donors (Lipinski definition) is 1. The Bertz CT molecular complexity index is 1290. The van der Waals surface area contributed by atoms with Crippen molar-refractivity contribution < 1.29 is 4.79 Å². The zero-order valence-corrected chi connectivity index (χ0v) is 16.3. The number of rotatable bonds is 4. The van der Waals surface area contributed by atoms with Gasteiger partial charge < -0.3 is 5.32 Å². The Morgan fingerprint density at radius 1 is 1.00 bits per heavy atom. The number of fused-ring (bicyclic) bond motifs is 3. The maximum Gasteiger partial charge on any atom is 0.232 e. The Kier molecular flexibility index (Phi) is 4.31. The fourth-order valence-corrected chi connectivity index (χ4v) is 4.73. The number of aromatic nitrogens is 3. The van der Waals surface area contributed by atoms with E-state index in [1.165, 1.54) is 22.7 Å². The SMILES string of the molecule is O=C(Cc1csc(-c2ccccn2)n1)Nc1nc2c(ccc3ccccc32)s1. The highest BCUT2D eigenvalue weighted by atomic mass is 32.1. The molecule has 0 saturated heterocycles. The number of nitrogens with one attached hydrogen (secondary N) is 1. The van der Waals surface area contributed by atoms with Gasteiger partial charge in [-0.2, -0.15) is 0 Å². The van der Waals surface area contributed by atoms with E-state index in [-0.39, 0.29) is 12.3 Å². The van der Waals surface area contributed by atoms with E-state index < -0.39 is 0 Å². The maximum atomic E-state index is 12.5. The van der Waals surface area contributed by atoms with Gasteiger partial charge in [0.2, 0.25) is 5.91 Å². The highest BCUT2D eigenvalue weighted by Gasteiger charge is 2.13. The molecule has 0 saturated carbocycles. The third-order valence-corrected chi connectivity index (χ3v) is 6.16. The van der Waals surface area contributed by atoms with Crippen molar-refractivity contribution in [3.05, 3.63) is 71.9 Å². The van der Waals surface area contributed by atoms with Crippen LogP contribution in [0.2, 0.25) is 0 Å². The van der Waals surface area contributed by atoms with E-state index in [0.717, 1.165) is 37.4 Å². The van der Waals surface area contributed by atoms with Gasteiger partial charge in [-0.3, -0.25) is 9.78 Å². The number of anilines is 1. The van der Waals surface area contributed by atoms with Crippen molar-refractivity contribution in [3.8, 4) is 10.7 Å². The largest absolute Gasteiger partial charge is 0.302 e. The van der Waals surface area contributed by atoms with Crippen molar-refractivity contribution >= 4 is 54.7 Å². The van der Waals surface area contributed by atoms with Crippen LogP contribution in [0, 0.1) is 0 Å². The summed E-state index contributed by atoms with van der Waals surface area (Å²) in [6.07, 6.45) is 1.94. The summed E-state index contributed by atoms with van der Waals surface area (Å²) < 4.78 is 1.06. The Balaban J connectivity index is 1.34. The fraction of sp³-hybridized carbons (Fsp3) is 0.0476. The average Bonchev–Trinajstić information content (AvgIpc) is 3.35. The van der Waals surface area contributed by atoms with Gasteiger partial charge in [0.15, 0.2) is 5.13 Å². The molecule has 0 radical (unpaired) electrons. The first-order valence-electron chi connectivity index (χ1n) is 8.70. The molecule has 0 fully saturated rings. The number of carbonyl (C=O) groups excluding carboxylic acids is 1. The molecule has 3 heterocycles. The standard InChI is InChI=1S/C21H14N4OS2/c26-18(11-14-12-27-20(23-14)16-7-3-4-10-22-16)24-21-25-19-15-6-2-1-5-13(15)8-9-17(19)28-21/h1-10,12H,11H2,(H,24,25,26). The molecule has 5 aromatic rings. The maximum absolute atomic E-state index is 12.5. The average molecular weight is 403 g/mol. The molecular weight excluding hydrogens is 388 g/mol. The highest BCUT2D eigenvalue weighted by molar-refractivity contribution is 7.22. The summed E-state index contributed by atoms with van der Waals surface area (Å²) in [5, 5.41) is 8.47. The minimum absolute atomic E-state index is 0.124. The molecule has 28 heavy (non-hydrogen) atoms. The van der Waals surface area contributed by atoms with Crippen molar-refractivity contribution in [2.45, 2.75) is 6.42 Å². The summed E-state index contributed by atoms with van der Waals surface area (Å²) in [4.78, 5) is 25.9. The number of pyridine rings is 1. The van der Waals surface area contributed by atoms with Gasteiger partial charge in [-0.1, -0.05) is 47.7 Å². The molecule has 1 amide bonds. The third kappa shape index (κ3) is 3.26. The summed E-state index contributed by atoms with van der Waals surface area (Å²) >= 11 is 2.97. The van der Waals surface area contributed by atoms with Crippen LogP contribution in [0.15, 0.2) is 66.2 Å². The van der Waals surface area contributed by atoms with E-state index in [9.17, 15) is 4.79 Å². The monoisotopic (exact) mass is 402 g/mol. The van der Waals surface area contributed by atoms with Crippen LogP contribution in [0.25, 0.3) is 31.7 Å². The predicted molar refractivity (Wildman–Crippen MR) is 115 cm³/mol. The minimum atomic E-state index is -0.124. The van der Waals surface area contributed by atoms with Gasteiger partial charge in [0.1, 0.15) is 5.01 Å². The van der Waals surface area contributed by atoms with E-state index >= 15 is 0 Å². The first-order chi connectivity index (χ1) is 13.8. The summed E-state index contributed by atoms with van der Waals surface area (Å²) in [6, 6.07) is 18.0. The molecule has 2 aromatic carbocycles. The Morgan fingerprint density at radius 2 is 1.89 bits per heavy atom. The number of thiazole rings is 2. The van der Waals surface area contributed by atoms with Crippen molar-refractivity contribution in [2.24, 2.45) is 0 Å². The lowest BCUT2D eigenvalue weighted by Gasteiger charge is -1.99. The van der Waals surface area contributed by atoms with Crippen LogP contribution in [0.4, 0.5) is 5.13 Å². The summed E-state index contributed by atoms with van der Waals surface area (Å²) in [5.41, 5.74) is 2.47. The number of carbonyl (C=O) groups is 1. The first kappa shape index (κ1) is 17.0. The van der Waals surface area contributed by atoms with E-state index in [0.29, 0.717) is 5.13 Å². The lowest BCUT2D eigenvalue weighted by molar-refractivity contribution is -0.115. The van der Waals surface area contributed by atoms with Gasteiger partial charge in [0.25, 0.3) is 0 Å². The lowest BCUT2D eigenvalue weighted by atomic mass is 10.1. The lowest BCUT2D eigenvalue weighted by Crippen LogP contribution is -2.14. The smallest absolute Gasteiger partial charge is 0.232 e. The number of hydrogen-bond acceptors (Lipinski definition) is 6. The summed E-state index contributed by atoms with van der Waals surface area (Å²) in [5.74, 6) is -0.124. The van der Waals surface area contributed by atoms with Gasteiger partial charge in [-0.05, 0) is 23.6 Å². The van der Waals surface area contributed by atoms with Crippen LogP contribution in [-0.2, 0) is 11.2 Å². The predicted octanol–water partition coefficient (Wildman–Crippen LogP) is 5.15. The van der Waals surface area contributed by atoms with Gasteiger partial charge in [-0.25, -0.2) is 9.97 Å². The van der Waals surface area contributed by atoms with Gasteiger partial charge in [-0.15, -0.1) is 11.3 Å². The fourth-order valence-electron chi connectivity index (χ4n) is 3.04. The molecular formula is C21H14N4OS2. The van der Waals surface area contributed by atoms with Crippen LogP contribution in [0.1, 0.15) is 5.69 Å². The number of benzene rings is 2. The number of nitrogens with zero attached hydrogens (tertiary/aromatic N) is 3. The Morgan fingerprint density at radius 3 is 2.79 bits per heavy atom. The van der Waals surface area contributed by atoms with E-state index in [1.54, 1.807) is 6.20 Å². The van der Waals surface area contributed by atoms with Gasteiger partial charge in [0, 0.05) is 17.0 Å². The second kappa shape index (κ2) is 7.10. The van der Waals surface area contributed by atoms with Crippen LogP contribution in [-0.4, -0.2) is 20.9 Å². The van der Waals surface area contributed by atoms with Gasteiger partial charge >= 0.3 is 0 Å². The minimum Gasteiger partial charge on any atom is -0.302 e. The molecule has 0 aliphatic heterocycles. The third-order valence-electron chi connectivity index (χ3n) is 4.31. The van der Waals surface area contributed by atoms with Gasteiger partial charge in [0.05, 0.1) is 28.0 Å². The van der Waals surface area contributed by atoms with Crippen molar-refractivity contribution in [2.75, 3.05) is 5.32 Å².